The molecule has 1 aromatic carbocycles. The lowest BCUT2D eigenvalue weighted by Gasteiger charge is -2.03. The number of nitrogens with zero attached hydrogens (tertiary/aromatic N) is 4. The van der Waals surface area contributed by atoms with Crippen LogP contribution in [-0.2, 0) is 0 Å². The Morgan fingerprint density at radius 2 is 1.92 bits per heavy atom. The number of benzene rings is 1. The number of anilines is 1. The Balaban J connectivity index is 1.73. The summed E-state index contributed by atoms with van der Waals surface area (Å²) in [6.07, 6.45) is 0. The number of amides is 1. The zero-order chi connectivity index (χ0) is 17.2. The molecule has 4 aromatic rings. The number of hydrogen-bond acceptors (Lipinski definition) is 6. The number of thiophene rings is 1. The van der Waals surface area contributed by atoms with E-state index in [1.165, 1.54) is 11.3 Å². The van der Waals surface area contributed by atoms with E-state index in [1.807, 2.05) is 60.1 Å². The lowest BCUT2D eigenvalue weighted by atomic mass is 10.3. The SMILES string of the molecule is Cc1csc(NC(=O)c2nc(-c3cccs3)n(-c3ccccc3)n2)n1. The van der Waals surface area contributed by atoms with Gasteiger partial charge in [-0.25, -0.2) is 14.6 Å². The molecule has 0 bridgehead atoms. The maximum atomic E-state index is 12.5. The zero-order valence-electron chi connectivity index (χ0n) is 13.2. The summed E-state index contributed by atoms with van der Waals surface area (Å²) in [7, 11) is 0. The standard InChI is InChI=1S/C17H13N5OS2/c1-11-10-25-17(18-11)20-16(23)14-19-15(13-8-5-9-24-13)22(21-14)12-6-3-2-4-7-12/h2-10H,1H3,(H,18,20,23). The van der Waals surface area contributed by atoms with Crippen LogP contribution >= 0.6 is 22.7 Å². The van der Waals surface area contributed by atoms with Crippen LogP contribution in [0.4, 0.5) is 5.13 Å². The van der Waals surface area contributed by atoms with Crippen LogP contribution in [-0.4, -0.2) is 25.7 Å². The van der Waals surface area contributed by atoms with E-state index in [0.29, 0.717) is 11.0 Å². The van der Waals surface area contributed by atoms with E-state index < -0.39 is 0 Å². The van der Waals surface area contributed by atoms with Gasteiger partial charge in [0.25, 0.3) is 5.91 Å². The van der Waals surface area contributed by atoms with Crippen LogP contribution in [0.25, 0.3) is 16.4 Å². The van der Waals surface area contributed by atoms with Gasteiger partial charge in [-0.3, -0.25) is 10.1 Å². The third kappa shape index (κ3) is 3.21. The molecule has 0 saturated heterocycles. The molecular weight excluding hydrogens is 354 g/mol. The molecule has 0 unspecified atom stereocenters. The topological polar surface area (TPSA) is 72.7 Å². The second-order valence-electron chi connectivity index (χ2n) is 5.23. The van der Waals surface area contributed by atoms with E-state index in [-0.39, 0.29) is 11.7 Å². The summed E-state index contributed by atoms with van der Waals surface area (Å²) >= 11 is 2.93. The van der Waals surface area contributed by atoms with Gasteiger partial charge in [0.05, 0.1) is 16.3 Å². The molecule has 0 atom stereocenters. The van der Waals surface area contributed by atoms with E-state index >= 15 is 0 Å². The summed E-state index contributed by atoms with van der Waals surface area (Å²) in [6, 6.07) is 13.5. The molecule has 3 aromatic heterocycles. The molecule has 25 heavy (non-hydrogen) atoms. The van der Waals surface area contributed by atoms with Crippen LogP contribution in [0.3, 0.4) is 0 Å². The van der Waals surface area contributed by atoms with Gasteiger partial charge >= 0.3 is 0 Å². The van der Waals surface area contributed by atoms with E-state index in [2.05, 4.69) is 20.4 Å². The number of nitrogens with one attached hydrogen (secondary N) is 1. The molecular formula is C17H13N5OS2. The first-order valence-electron chi connectivity index (χ1n) is 7.50. The van der Waals surface area contributed by atoms with Crippen molar-refractivity contribution in [2.75, 3.05) is 5.32 Å². The Bertz CT molecular complexity index is 1010. The van der Waals surface area contributed by atoms with Crippen molar-refractivity contribution < 1.29 is 4.79 Å². The highest BCUT2D eigenvalue weighted by molar-refractivity contribution is 7.14. The van der Waals surface area contributed by atoms with Crippen LogP contribution in [0.2, 0.25) is 0 Å². The number of para-hydroxylation sites is 1. The van der Waals surface area contributed by atoms with Crippen LogP contribution < -0.4 is 5.32 Å². The first-order chi connectivity index (χ1) is 12.2. The zero-order valence-corrected chi connectivity index (χ0v) is 14.8. The highest BCUT2D eigenvalue weighted by atomic mass is 32.1. The molecule has 1 amide bonds. The maximum Gasteiger partial charge on any atom is 0.297 e. The molecule has 124 valence electrons. The average Bonchev–Trinajstić information content (AvgIpc) is 3.35. The fraction of sp³-hybridized carbons (Fsp3) is 0.0588. The summed E-state index contributed by atoms with van der Waals surface area (Å²) in [5.74, 6) is 0.378. The Hall–Kier alpha value is -2.84. The van der Waals surface area contributed by atoms with Crippen LogP contribution in [0.5, 0.6) is 0 Å². The Morgan fingerprint density at radius 3 is 2.60 bits per heavy atom. The van der Waals surface area contributed by atoms with Crippen molar-refractivity contribution in [1.29, 1.82) is 0 Å². The minimum atomic E-state index is -0.373. The summed E-state index contributed by atoms with van der Waals surface area (Å²) < 4.78 is 1.69. The monoisotopic (exact) mass is 367 g/mol. The van der Waals surface area contributed by atoms with Crippen molar-refractivity contribution >= 4 is 33.7 Å². The van der Waals surface area contributed by atoms with Gasteiger partial charge in [-0.15, -0.1) is 27.8 Å². The lowest BCUT2D eigenvalue weighted by molar-refractivity contribution is 0.101. The molecule has 0 radical (unpaired) electrons. The third-order valence-electron chi connectivity index (χ3n) is 3.39. The van der Waals surface area contributed by atoms with E-state index in [0.717, 1.165) is 16.3 Å². The van der Waals surface area contributed by atoms with Crippen molar-refractivity contribution in [2.45, 2.75) is 6.92 Å². The van der Waals surface area contributed by atoms with Gasteiger partial charge in [0.1, 0.15) is 0 Å². The molecule has 0 aliphatic carbocycles. The number of aryl methyl sites for hydroxylation is 1. The molecule has 8 heteroatoms. The van der Waals surface area contributed by atoms with Crippen molar-refractivity contribution in [3.05, 3.63) is 64.7 Å². The molecule has 4 rings (SSSR count). The molecule has 0 saturated carbocycles. The number of rotatable bonds is 4. The van der Waals surface area contributed by atoms with E-state index in [1.54, 1.807) is 16.0 Å². The van der Waals surface area contributed by atoms with Gasteiger partial charge in [0.15, 0.2) is 11.0 Å². The summed E-state index contributed by atoms with van der Waals surface area (Å²) in [5.41, 5.74) is 1.71. The van der Waals surface area contributed by atoms with Gasteiger partial charge in [0.2, 0.25) is 5.82 Å². The van der Waals surface area contributed by atoms with Crippen LogP contribution in [0.1, 0.15) is 16.3 Å². The quantitative estimate of drug-likeness (QED) is 0.591. The van der Waals surface area contributed by atoms with Gasteiger partial charge in [-0.05, 0) is 30.5 Å². The average molecular weight is 367 g/mol. The van der Waals surface area contributed by atoms with Crippen molar-refractivity contribution in [3.8, 4) is 16.4 Å². The maximum absolute atomic E-state index is 12.5. The molecule has 3 heterocycles. The predicted octanol–water partition coefficient (Wildman–Crippen LogP) is 4.01. The highest BCUT2D eigenvalue weighted by Gasteiger charge is 2.20. The van der Waals surface area contributed by atoms with Crippen LogP contribution in [0, 0.1) is 6.92 Å². The molecule has 0 aliphatic heterocycles. The fourth-order valence-corrected chi connectivity index (χ4v) is 3.67. The van der Waals surface area contributed by atoms with E-state index in [4.69, 9.17) is 0 Å². The van der Waals surface area contributed by atoms with Gasteiger partial charge < -0.3 is 0 Å². The first kappa shape index (κ1) is 15.7. The molecule has 6 nitrogen and oxygen atoms in total. The molecule has 1 N–H and O–H groups in total. The lowest BCUT2D eigenvalue weighted by Crippen LogP contribution is -2.14. The predicted molar refractivity (Wildman–Crippen MR) is 99.5 cm³/mol. The Morgan fingerprint density at radius 1 is 1.08 bits per heavy atom. The minimum absolute atomic E-state index is 0.111. The van der Waals surface area contributed by atoms with Gasteiger partial charge in [0, 0.05) is 5.38 Å². The minimum Gasteiger partial charge on any atom is -0.295 e. The fourth-order valence-electron chi connectivity index (χ4n) is 2.29. The second kappa shape index (κ2) is 6.58. The van der Waals surface area contributed by atoms with Crippen molar-refractivity contribution in [1.82, 2.24) is 19.7 Å². The number of hydrogen-bond donors (Lipinski definition) is 1. The first-order valence-corrected chi connectivity index (χ1v) is 9.26. The smallest absolute Gasteiger partial charge is 0.295 e. The third-order valence-corrected chi connectivity index (χ3v) is 5.13. The number of carbonyl (C=O) groups excluding carboxylic acids is 1. The largest absolute Gasteiger partial charge is 0.297 e. The van der Waals surface area contributed by atoms with Gasteiger partial charge in [-0.2, -0.15) is 0 Å². The van der Waals surface area contributed by atoms with Crippen molar-refractivity contribution in [2.24, 2.45) is 0 Å². The Kier molecular flexibility index (Phi) is 4.12. The summed E-state index contributed by atoms with van der Waals surface area (Å²) in [4.78, 5) is 22.2. The highest BCUT2D eigenvalue weighted by Crippen LogP contribution is 2.26. The second-order valence-corrected chi connectivity index (χ2v) is 7.04. The van der Waals surface area contributed by atoms with E-state index in [9.17, 15) is 4.79 Å². The molecule has 0 spiro atoms. The summed E-state index contributed by atoms with van der Waals surface area (Å²) in [6.45, 7) is 1.88. The molecule has 0 aliphatic rings. The van der Waals surface area contributed by atoms with Crippen molar-refractivity contribution in [3.63, 3.8) is 0 Å². The molecule has 0 fully saturated rings. The Labute approximate surface area is 151 Å². The van der Waals surface area contributed by atoms with Crippen LogP contribution in [0.15, 0.2) is 53.2 Å². The number of carbonyl (C=O) groups is 1. The summed E-state index contributed by atoms with van der Waals surface area (Å²) in [5, 5.41) is 11.6. The normalized spacial score (nSPS) is 10.8. The number of aromatic nitrogens is 4. The van der Waals surface area contributed by atoms with Gasteiger partial charge in [-0.1, -0.05) is 24.3 Å². The number of thiazole rings is 1.